The van der Waals surface area contributed by atoms with Crippen LogP contribution in [0.1, 0.15) is 24.1 Å². The van der Waals surface area contributed by atoms with E-state index in [1.165, 1.54) is 11.1 Å². The van der Waals surface area contributed by atoms with Crippen LogP contribution < -0.4 is 5.32 Å². The van der Waals surface area contributed by atoms with Crippen LogP contribution in [0, 0.1) is 0 Å². The summed E-state index contributed by atoms with van der Waals surface area (Å²) in [5, 5.41) is 13.2. The molecule has 3 heteroatoms. The zero-order chi connectivity index (χ0) is 9.42. The molecule has 0 aliphatic carbocycles. The molecule has 1 aliphatic heterocycles. The predicted molar refractivity (Wildman–Crippen MR) is 53.2 cm³/mol. The fourth-order valence-electron chi connectivity index (χ4n) is 1.77. The Morgan fingerprint density at radius 1 is 1.54 bits per heavy atom. The lowest BCUT2D eigenvalue weighted by atomic mass is 9.95. The molecule has 0 radical (unpaired) electrons. The maximum Gasteiger partial charge on any atom is 0.134 e. The SMILES string of the molecule is CC1NCCc2cc(O)c(Cl)cc21. The van der Waals surface area contributed by atoms with Crippen LogP contribution in [0.15, 0.2) is 12.1 Å². The molecule has 1 aromatic carbocycles. The second-order valence-electron chi connectivity index (χ2n) is 3.43. The largest absolute Gasteiger partial charge is 0.506 e. The minimum absolute atomic E-state index is 0.189. The number of halogens is 1. The lowest BCUT2D eigenvalue weighted by Crippen LogP contribution is -2.27. The van der Waals surface area contributed by atoms with E-state index < -0.39 is 0 Å². The molecule has 1 unspecified atom stereocenters. The zero-order valence-corrected chi connectivity index (χ0v) is 8.23. The molecule has 0 fully saturated rings. The molecule has 0 spiro atoms. The van der Waals surface area contributed by atoms with Crippen LogP contribution in [-0.2, 0) is 6.42 Å². The maximum atomic E-state index is 9.41. The number of phenolic OH excluding ortho intramolecular Hbond substituents is 1. The van der Waals surface area contributed by atoms with Gasteiger partial charge in [0.05, 0.1) is 5.02 Å². The quantitative estimate of drug-likeness (QED) is 0.669. The number of hydrogen-bond acceptors (Lipinski definition) is 2. The minimum Gasteiger partial charge on any atom is -0.506 e. The van der Waals surface area contributed by atoms with Gasteiger partial charge < -0.3 is 10.4 Å². The number of benzene rings is 1. The van der Waals surface area contributed by atoms with E-state index >= 15 is 0 Å². The molecule has 0 amide bonds. The highest BCUT2D eigenvalue weighted by atomic mass is 35.5. The Kier molecular flexibility index (Phi) is 2.18. The summed E-state index contributed by atoms with van der Waals surface area (Å²) in [7, 11) is 0. The molecule has 1 aromatic rings. The molecule has 1 atom stereocenters. The summed E-state index contributed by atoms with van der Waals surface area (Å²) in [5.41, 5.74) is 2.40. The minimum atomic E-state index is 0.189. The van der Waals surface area contributed by atoms with Crippen molar-refractivity contribution in [3.05, 3.63) is 28.3 Å². The van der Waals surface area contributed by atoms with Gasteiger partial charge in [0.25, 0.3) is 0 Å². The third kappa shape index (κ3) is 1.52. The zero-order valence-electron chi connectivity index (χ0n) is 7.47. The number of fused-ring (bicyclic) bond motifs is 1. The molecule has 2 rings (SSSR count). The summed E-state index contributed by atoms with van der Waals surface area (Å²) in [6.45, 7) is 3.07. The van der Waals surface area contributed by atoms with Crippen LogP contribution in [0.3, 0.4) is 0 Å². The standard InChI is InChI=1S/C10H12ClNO/c1-6-8-5-9(11)10(13)4-7(8)2-3-12-6/h4-6,12-13H,2-3H2,1H3. The first-order chi connectivity index (χ1) is 6.18. The van der Waals surface area contributed by atoms with Gasteiger partial charge in [0.1, 0.15) is 5.75 Å². The number of phenols is 1. The van der Waals surface area contributed by atoms with Gasteiger partial charge in [-0.2, -0.15) is 0 Å². The summed E-state index contributed by atoms with van der Waals surface area (Å²) in [6.07, 6.45) is 0.963. The fraction of sp³-hybridized carbons (Fsp3) is 0.400. The van der Waals surface area contributed by atoms with Crippen molar-refractivity contribution in [2.45, 2.75) is 19.4 Å². The second kappa shape index (κ2) is 3.20. The van der Waals surface area contributed by atoms with E-state index in [1.807, 2.05) is 6.07 Å². The van der Waals surface area contributed by atoms with E-state index in [0.29, 0.717) is 11.1 Å². The van der Waals surface area contributed by atoms with Crippen molar-refractivity contribution in [1.29, 1.82) is 0 Å². The van der Waals surface area contributed by atoms with Gasteiger partial charge in [-0.05, 0) is 43.1 Å². The van der Waals surface area contributed by atoms with Crippen LogP contribution in [0.5, 0.6) is 5.75 Å². The Morgan fingerprint density at radius 3 is 3.08 bits per heavy atom. The molecule has 1 aliphatic rings. The first kappa shape index (κ1) is 8.85. The molecule has 2 N–H and O–H groups in total. The van der Waals surface area contributed by atoms with Crippen LogP contribution in [0.2, 0.25) is 5.02 Å². The van der Waals surface area contributed by atoms with Crippen LogP contribution in [-0.4, -0.2) is 11.7 Å². The number of nitrogens with one attached hydrogen (secondary N) is 1. The van der Waals surface area contributed by atoms with Gasteiger partial charge in [-0.25, -0.2) is 0 Å². The highest BCUT2D eigenvalue weighted by Crippen LogP contribution is 2.32. The summed E-state index contributed by atoms with van der Waals surface area (Å²) >= 11 is 5.83. The highest BCUT2D eigenvalue weighted by Gasteiger charge is 2.17. The molecule has 70 valence electrons. The predicted octanol–water partition coefficient (Wildman–Crippen LogP) is 2.25. The Morgan fingerprint density at radius 2 is 2.31 bits per heavy atom. The lowest BCUT2D eigenvalue weighted by Gasteiger charge is -2.24. The van der Waals surface area contributed by atoms with Gasteiger partial charge in [-0.3, -0.25) is 0 Å². The Bertz CT molecular complexity index is 338. The molecule has 2 nitrogen and oxygen atoms in total. The third-order valence-corrected chi connectivity index (χ3v) is 2.82. The third-order valence-electron chi connectivity index (χ3n) is 2.52. The van der Waals surface area contributed by atoms with Crippen LogP contribution in [0.4, 0.5) is 0 Å². The molecule has 1 heterocycles. The van der Waals surface area contributed by atoms with Gasteiger partial charge >= 0.3 is 0 Å². The monoisotopic (exact) mass is 197 g/mol. The van der Waals surface area contributed by atoms with E-state index in [-0.39, 0.29) is 5.75 Å². The Hall–Kier alpha value is -0.730. The molecule has 0 bridgehead atoms. The van der Waals surface area contributed by atoms with Crippen LogP contribution >= 0.6 is 11.6 Å². The second-order valence-corrected chi connectivity index (χ2v) is 3.84. The lowest BCUT2D eigenvalue weighted by molar-refractivity contribution is 0.470. The molecular weight excluding hydrogens is 186 g/mol. The van der Waals surface area contributed by atoms with Crippen molar-refractivity contribution in [1.82, 2.24) is 5.32 Å². The Labute approximate surface area is 82.5 Å². The molecular formula is C10H12ClNO. The van der Waals surface area contributed by atoms with Gasteiger partial charge in [-0.15, -0.1) is 0 Å². The number of aromatic hydroxyl groups is 1. The van der Waals surface area contributed by atoms with E-state index in [1.54, 1.807) is 6.07 Å². The maximum absolute atomic E-state index is 9.41. The average molecular weight is 198 g/mol. The molecule has 0 saturated carbocycles. The van der Waals surface area contributed by atoms with E-state index in [4.69, 9.17) is 11.6 Å². The number of rotatable bonds is 0. The van der Waals surface area contributed by atoms with Gasteiger partial charge in [0.2, 0.25) is 0 Å². The molecule has 13 heavy (non-hydrogen) atoms. The highest BCUT2D eigenvalue weighted by molar-refractivity contribution is 6.32. The topological polar surface area (TPSA) is 32.3 Å². The Balaban J connectivity index is 2.52. The smallest absolute Gasteiger partial charge is 0.134 e. The van der Waals surface area contributed by atoms with E-state index in [0.717, 1.165) is 13.0 Å². The number of hydrogen-bond donors (Lipinski definition) is 2. The average Bonchev–Trinajstić information content (AvgIpc) is 2.09. The van der Waals surface area contributed by atoms with Gasteiger partial charge in [-0.1, -0.05) is 11.6 Å². The summed E-state index contributed by atoms with van der Waals surface area (Å²) in [4.78, 5) is 0. The van der Waals surface area contributed by atoms with E-state index in [9.17, 15) is 5.11 Å². The summed E-state index contributed by atoms with van der Waals surface area (Å²) in [5.74, 6) is 0.189. The first-order valence-electron chi connectivity index (χ1n) is 4.43. The van der Waals surface area contributed by atoms with Crippen molar-refractivity contribution >= 4 is 11.6 Å². The summed E-state index contributed by atoms with van der Waals surface area (Å²) in [6, 6.07) is 3.96. The molecule has 0 aromatic heterocycles. The molecule has 0 saturated heterocycles. The normalized spacial score (nSPS) is 21.2. The van der Waals surface area contributed by atoms with Gasteiger partial charge in [0, 0.05) is 6.04 Å². The van der Waals surface area contributed by atoms with Crippen molar-refractivity contribution in [2.75, 3.05) is 6.54 Å². The van der Waals surface area contributed by atoms with Crippen molar-refractivity contribution in [3.63, 3.8) is 0 Å². The van der Waals surface area contributed by atoms with Crippen molar-refractivity contribution in [3.8, 4) is 5.75 Å². The summed E-state index contributed by atoms with van der Waals surface area (Å²) < 4.78 is 0. The first-order valence-corrected chi connectivity index (χ1v) is 4.81. The van der Waals surface area contributed by atoms with Crippen molar-refractivity contribution in [2.24, 2.45) is 0 Å². The van der Waals surface area contributed by atoms with Crippen molar-refractivity contribution < 1.29 is 5.11 Å². The van der Waals surface area contributed by atoms with E-state index in [2.05, 4.69) is 12.2 Å². The van der Waals surface area contributed by atoms with Crippen LogP contribution in [0.25, 0.3) is 0 Å². The fourth-order valence-corrected chi connectivity index (χ4v) is 1.95. The van der Waals surface area contributed by atoms with Gasteiger partial charge in [0.15, 0.2) is 0 Å².